The van der Waals surface area contributed by atoms with Crippen LogP contribution < -0.4 is 20.1 Å². The molecule has 1 atom stereocenters. The number of carbonyl (C=O) groups is 2. The van der Waals surface area contributed by atoms with Crippen molar-refractivity contribution < 1.29 is 19.1 Å². The third-order valence-corrected chi connectivity index (χ3v) is 3.66. The summed E-state index contributed by atoms with van der Waals surface area (Å²) in [5.41, 5.74) is 0.923. The highest BCUT2D eigenvalue weighted by molar-refractivity contribution is 5.82. The average Bonchev–Trinajstić information content (AvgIpc) is 2.66. The van der Waals surface area contributed by atoms with Gasteiger partial charge in [-0.05, 0) is 23.8 Å². The van der Waals surface area contributed by atoms with Gasteiger partial charge in [-0.2, -0.15) is 0 Å². The van der Waals surface area contributed by atoms with E-state index < -0.39 is 6.10 Å². The SMILES string of the molecule is O=C(CCNC(=O)[C@@H]1COc2ccccc2O1)NCc1cccnc1. The number of hydrogen-bond acceptors (Lipinski definition) is 5. The number of hydrogen-bond donors (Lipinski definition) is 2. The van der Waals surface area contributed by atoms with Gasteiger partial charge in [-0.1, -0.05) is 18.2 Å². The summed E-state index contributed by atoms with van der Waals surface area (Å²) in [6.07, 6.45) is 2.85. The predicted molar refractivity (Wildman–Crippen MR) is 90.1 cm³/mol. The van der Waals surface area contributed by atoms with Crippen LogP contribution in [0.1, 0.15) is 12.0 Å². The first-order chi connectivity index (χ1) is 12.2. The Kier molecular flexibility index (Phi) is 5.46. The summed E-state index contributed by atoms with van der Waals surface area (Å²) in [6, 6.07) is 10.9. The van der Waals surface area contributed by atoms with Crippen LogP contribution in [-0.2, 0) is 16.1 Å². The number of ether oxygens (including phenoxy) is 2. The van der Waals surface area contributed by atoms with Gasteiger partial charge in [-0.15, -0.1) is 0 Å². The van der Waals surface area contributed by atoms with Gasteiger partial charge in [-0.25, -0.2) is 0 Å². The fourth-order valence-electron chi connectivity index (χ4n) is 2.35. The maximum Gasteiger partial charge on any atom is 0.264 e. The first-order valence-electron chi connectivity index (χ1n) is 8.04. The van der Waals surface area contributed by atoms with Crippen LogP contribution in [0, 0.1) is 0 Å². The van der Waals surface area contributed by atoms with Crippen molar-refractivity contribution in [1.29, 1.82) is 0 Å². The van der Waals surface area contributed by atoms with Gasteiger partial charge in [0.15, 0.2) is 11.5 Å². The number of benzene rings is 1. The van der Waals surface area contributed by atoms with Crippen LogP contribution in [0.5, 0.6) is 11.5 Å². The lowest BCUT2D eigenvalue weighted by Crippen LogP contribution is -2.44. The molecule has 2 amide bonds. The molecule has 0 saturated carbocycles. The second-order valence-electron chi connectivity index (χ2n) is 5.54. The van der Waals surface area contributed by atoms with Crippen molar-refractivity contribution in [3.8, 4) is 11.5 Å². The molecule has 7 nitrogen and oxygen atoms in total. The number of nitrogens with zero attached hydrogens (tertiary/aromatic N) is 1. The Labute approximate surface area is 145 Å². The highest BCUT2D eigenvalue weighted by atomic mass is 16.6. The molecule has 3 rings (SSSR count). The van der Waals surface area contributed by atoms with E-state index in [0.29, 0.717) is 18.0 Å². The second-order valence-corrected chi connectivity index (χ2v) is 5.54. The molecule has 0 saturated heterocycles. The standard InChI is InChI=1S/C18H19N3O4/c22-17(21-11-13-4-3-8-19-10-13)7-9-20-18(23)16-12-24-14-5-1-2-6-15(14)25-16/h1-6,8,10,16H,7,9,11-12H2,(H,20,23)(H,21,22)/t16-/m0/s1. The van der Waals surface area contributed by atoms with Gasteiger partial charge in [0, 0.05) is 31.9 Å². The van der Waals surface area contributed by atoms with E-state index in [4.69, 9.17) is 9.47 Å². The minimum Gasteiger partial charge on any atom is -0.485 e. The molecule has 2 heterocycles. The lowest BCUT2D eigenvalue weighted by Gasteiger charge is -2.25. The number of amides is 2. The fourth-order valence-corrected chi connectivity index (χ4v) is 2.35. The molecule has 0 unspecified atom stereocenters. The van der Waals surface area contributed by atoms with Crippen molar-refractivity contribution in [2.45, 2.75) is 19.1 Å². The minimum absolute atomic E-state index is 0.143. The molecule has 0 aliphatic carbocycles. The maximum atomic E-state index is 12.1. The summed E-state index contributed by atoms with van der Waals surface area (Å²) in [6.45, 7) is 0.798. The zero-order chi connectivity index (χ0) is 17.5. The van der Waals surface area contributed by atoms with Crippen LogP contribution in [0.2, 0.25) is 0 Å². The number of aromatic nitrogens is 1. The Morgan fingerprint density at radius 1 is 1.12 bits per heavy atom. The molecule has 2 aromatic rings. The van der Waals surface area contributed by atoms with E-state index >= 15 is 0 Å². The first kappa shape index (κ1) is 16.8. The zero-order valence-electron chi connectivity index (χ0n) is 13.6. The van der Waals surface area contributed by atoms with Crippen LogP contribution >= 0.6 is 0 Å². The van der Waals surface area contributed by atoms with Crippen molar-refractivity contribution >= 4 is 11.8 Å². The smallest absolute Gasteiger partial charge is 0.264 e. The van der Waals surface area contributed by atoms with E-state index in [1.807, 2.05) is 24.3 Å². The van der Waals surface area contributed by atoms with E-state index in [1.54, 1.807) is 24.5 Å². The Morgan fingerprint density at radius 2 is 1.96 bits per heavy atom. The monoisotopic (exact) mass is 341 g/mol. The predicted octanol–water partition coefficient (Wildman–Crippen LogP) is 1.04. The highest BCUT2D eigenvalue weighted by Crippen LogP contribution is 2.30. The maximum absolute atomic E-state index is 12.1. The minimum atomic E-state index is -0.714. The number of fused-ring (bicyclic) bond motifs is 1. The summed E-state index contributed by atoms with van der Waals surface area (Å²) in [7, 11) is 0. The van der Waals surface area contributed by atoms with Gasteiger partial charge in [0.25, 0.3) is 5.91 Å². The molecule has 1 aliphatic rings. The van der Waals surface area contributed by atoms with Gasteiger partial charge in [-0.3, -0.25) is 14.6 Å². The van der Waals surface area contributed by atoms with Gasteiger partial charge in [0.1, 0.15) is 6.61 Å². The van der Waals surface area contributed by atoms with Crippen LogP contribution in [0.3, 0.4) is 0 Å². The van der Waals surface area contributed by atoms with Crippen molar-refractivity contribution in [1.82, 2.24) is 15.6 Å². The Morgan fingerprint density at radius 3 is 2.76 bits per heavy atom. The summed E-state index contributed by atoms with van der Waals surface area (Å²) in [5, 5.41) is 5.47. The average molecular weight is 341 g/mol. The summed E-state index contributed by atoms with van der Waals surface area (Å²) in [4.78, 5) is 27.9. The number of pyridine rings is 1. The van der Waals surface area contributed by atoms with Gasteiger partial charge in [0.05, 0.1) is 0 Å². The Balaban J connectivity index is 1.37. The molecule has 2 N–H and O–H groups in total. The molecule has 1 aromatic heterocycles. The summed E-state index contributed by atoms with van der Waals surface area (Å²) >= 11 is 0. The summed E-state index contributed by atoms with van der Waals surface area (Å²) < 4.78 is 11.1. The lowest BCUT2D eigenvalue weighted by molar-refractivity contribution is -0.130. The van der Waals surface area contributed by atoms with E-state index in [2.05, 4.69) is 15.6 Å². The van der Waals surface area contributed by atoms with Crippen molar-refractivity contribution in [2.75, 3.05) is 13.2 Å². The van der Waals surface area contributed by atoms with Crippen LogP contribution in [0.25, 0.3) is 0 Å². The van der Waals surface area contributed by atoms with Crippen molar-refractivity contribution in [2.24, 2.45) is 0 Å². The quantitative estimate of drug-likeness (QED) is 0.820. The molecular formula is C18H19N3O4. The Bertz CT molecular complexity index is 736. The Hall–Kier alpha value is -3.09. The first-order valence-corrected chi connectivity index (χ1v) is 8.04. The molecule has 0 bridgehead atoms. The molecule has 0 spiro atoms. The molecule has 0 radical (unpaired) electrons. The van der Waals surface area contributed by atoms with Gasteiger partial charge < -0.3 is 20.1 Å². The highest BCUT2D eigenvalue weighted by Gasteiger charge is 2.26. The van der Waals surface area contributed by atoms with E-state index in [-0.39, 0.29) is 31.4 Å². The molecule has 7 heteroatoms. The number of para-hydroxylation sites is 2. The van der Waals surface area contributed by atoms with E-state index in [0.717, 1.165) is 5.56 Å². The van der Waals surface area contributed by atoms with E-state index in [9.17, 15) is 9.59 Å². The zero-order valence-corrected chi connectivity index (χ0v) is 13.6. The molecule has 130 valence electrons. The van der Waals surface area contributed by atoms with Gasteiger partial charge in [0.2, 0.25) is 12.0 Å². The topological polar surface area (TPSA) is 89.6 Å². The molecular weight excluding hydrogens is 322 g/mol. The molecule has 25 heavy (non-hydrogen) atoms. The number of carbonyl (C=O) groups excluding carboxylic acids is 2. The third kappa shape index (κ3) is 4.69. The molecule has 0 fully saturated rings. The van der Waals surface area contributed by atoms with Crippen molar-refractivity contribution in [3.63, 3.8) is 0 Å². The lowest BCUT2D eigenvalue weighted by atomic mass is 10.2. The normalized spacial score (nSPS) is 15.3. The third-order valence-electron chi connectivity index (χ3n) is 3.66. The fraction of sp³-hybridized carbons (Fsp3) is 0.278. The van der Waals surface area contributed by atoms with Crippen LogP contribution in [0.15, 0.2) is 48.8 Å². The second kappa shape index (κ2) is 8.14. The van der Waals surface area contributed by atoms with E-state index in [1.165, 1.54) is 0 Å². The molecule has 1 aromatic carbocycles. The molecule has 1 aliphatic heterocycles. The van der Waals surface area contributed by atoms with Gasteiger partial charge >= 0.3 is 0 Å². The number of rotatable bonds is 6. The van der Waals surface area contributed by atoms with Crippen molar-refractivity contribution in [3.05, 3.63) is 54.4 Å². The number of nitrogens with one attached hydrogen (secondary N) is 2. The largest absolute Gasteiger partial charge is 0.485 e. The summed E-state index contributed by atoms with van der Waals surface area (Å²) in [5.74, 6) is 0.731. The van der Waals surface area contributed by atoms with Crippen LogP contribution in [-0.4, -0.2) is 36.1 Å². The van der Waals surface area contributed by atoms with Crippen LogP contribution in [0.4, 0.5) is 0 Å².